The van der Waals surface area contributed by atoms with Crippen molar-refractivity contribution >= 4 is 10.2 Å². The topological polar surface area (TPSA) is 77.1 Å². The summed E-state index contributed by atoms with van der Waals surface area (Å²) >= 11 is 0. The summed E-state index contributed by atoms with van der Waals surface area (Å²) in [5, 5.41) is 0. The predicted octanol–water partition coefficient (Wildman–Crippen LogP) is 0.539. The van der Waals surface area contributed by atoms with Gasteiger partial charge in [-0.3, -0.25) is 4.84 Å². The van der Waals surface area contributed by atoms with Gasteiger partial charge < -0.3 is 9.47 Å². The van der Waals surface area contributed by atoms with Gasteiger partial charge in [-0.05, 0) is 17.7 Å². The third kappa shape index (κ3) is 5.43. The van der Waals surface area contributed by atoms with E-state index in [2.05, 4.69) is 0 Å². The van der Waals surface area contributed by atoms with Crippen LogP contribution in [0.1, 0.15) is 5.56 Å². The fourth-order valence-electron chi connectivity index (χ4n) is 1.42. The number of benzene rings is 1. The summed E-state index contributed by atoms with van der Waals surface area (Å²) in [4.78, 5) is 6.84. The molecule has 0 aliphatic carbocycles. The minimum atomic E-state index is -3.69. The van der Waals surface area contributed by atoms with Gasteiger partial charge in [-0.25, -0.2) is 0 Å². The van der Waals surface area contributed by atoms with E-state index in [-0.39, 0.29) is 13.2 Å². The normalized spacial score (nSPS) is 11.8. The van der Waals surface area contributed by atoms with E-state index in [1.807, 2.05) is 11.0 Å². The average molecular weight is 304 g/mol. The molecular weight excluding hydrogens is 284 g/mol. The highest BCUT2D eigenvalue weighted by Gasteiger charge is 2.18. The highest BCUT2D eigenvalue weighted by molar-refractivity contribution is 7.86. The van der Waals surface area contributed by atoms with Gasteiger partial charge in [0.1, 0.15) is 5.75 Å². The van der Waals surface area contributed by atoms with E-state index in [4.69, 9.17) is 14.3 Å². The van der Waals surface area contributed by atoms with E-state index >= 15 is 0 Å². The molecule has 0 spiro atoms. The standard InChI is InChI=1S/C12H20N2O5S/c1-14(20(15,16)13-19-8-7-17-2)10-11-5-4-6-12(9-11)18-3/h4-6,9,13H,7-8,10H2,1-3H3. The SMILES string of the molecule is COCCONS(=O)(=O)N(C)Cc1cccc(OC)c1. The van der Waals surface area contributed by atoms with Crippen LogP contribution < -0.4 is 9.62 Å². The zero-order valence-corrected chi connectivity index (χ0v) is 12.6. The van der Waals surface area contributed by atoms with Gasteiger partial charge in [-0.2, -0.15) is 12.7 Å². The third-order valence-electron chi connectivity index (χ3n) is 2.50. The van der Waals surface area contributed by atoms with Gasteiger partial charge in [-0.15, -0.1) is 0 Å². The molecule has 7 nitrogen and oxygen atoms in total. The van der Waals surface area contributed by atoms with Crippen LogP contribution in [0.4, 0.5) is 0 Å². The predicted molar refractivity (Wildman–Crippen MR) is 74.3 cm³/mol. The fourth-order valence-corrected chi connectivity index (χ4v) is 2.10. The van der Waals surface area contributed by atoms with Gasteiger partial charge in [-0.1, -0.05) is 17.0 Å². The Morgan fingerprint density at radius 2 is 2.00 bits per heavy atom. The molecule has 114 valence electrons. The Labute approximate surface area is 119 Å². The lowest BCUT2D eigenvalue weighted by Crippen LogP contribution is -2.38. The van der Waals surface area contributed by atoms with Crippen LogP contribution in [-0.2, 0) is 26.3 Å². The second kappa shape index (κ2) is 8.18. The first-order valence-corrected chi connectivity index (χ1v) is 7.40. The number of methoxy groups -OCH3 is 2. The van der Waals surface area contributed by atoms with Gasteiger partial charge >= 0.3 is 10.2 Å². The zero-order valence-electron chi connectivity index (χ0n) is 11.8. The van der Waals surface area contributed by atoms with Gasteiger partial charge in [0, 0.05) is 20.7 Å². The Hall–Kier alpha value is -1.19. The summed E-state index contributed by atoms with van der Waals surface area (Å²) in [5.74, 6) is 0.678. The van der Waals surface area contributed by atoms with Crippen molar-refractivity contribution in [3.63, 3.8) is 0 Å². The first-order chi connectivity index (χ1) is 9.49. The van der Waals surface area contributed by atoms with Crippen LogP contribution in [0.3, 0.4) is 0 Å². The highest BCUT2D eigenvalue weighted by atomic mass is 32.2. The van der Waals surface area contributed by atoms with Crippen LogP contribution >= 0.6 is 0 Å². The van der Waals surface area contributed by atoms with Crippen molar-refractivity contribution in [3.8, 4) is 5.75 Å². The van der Waals surface area contributed by atoms with Crippen molar-refractivity contribution in [2.45, 2.75) is 6.54 Å². The molecule has 0 radical (unpaired) electrons. The Balaban J connectivity index is 2.57. The second-order valence-electron chi connectivity index (χ2n) is 4.04. The van der Waals surface area contributed by atoms with E-state index in [1.165, 1.54) is 14.2 Å². The maximum absolute atomic E-state index is 11.9. The van der Waals surface area contributed by atoms with Crippen molar-refractivity contribution in [1.29, 1.82) is 0 Å². The molecule has 1 aromatic carbocycles. The fraction of sp³-hybridized carbons (Fsp3) is 0.500. The van der Waals surface area contributed by atoms with Crippen LogP contribution in [0.5, 0.6) is 5.75 Å². The third-order valence-corrected chi connectivity index (χ3v) is 3.78. The quantitative estimate of drug-likeness (QED) is 0.532. The molecule has 0 unspecified atom stereocenters. The summed E-state index contributed by atoms with van der Waals surface area (Å²) in [7, 11) is 0.833. The molecule has 1 N–H and O–H groups in total. The smallest absolute Gasteiger partial charge is 0.301 e. The first kappa shape index (κ1) is 16.9. The Kier molecular flexibility index (Phi) is 6.89. The minimum Gasteiger partial charge on any atom is -0.497 e. The van der Waals surface area contributed by atoms with E-state index in [0.717, 1.165) is 9.87 Å². The summed E-state index contributed by atoms with van der Waals surface area (Å²) in [6, 6.07) is 7.19. The van der Waals surface area contributed by atoms with Crippen molar-refractivity contribution in [1.82, 2.24) is 9.19 Å². The Bertz CT molecular complexity index is 506. The van der Waals surface area contributed by atoms with Crippen LogP contribution in [0, 0.1) is 0 Å². The molecule has 1 aromatic rings. The summed E-state index contributed by atoms with van der Waals surface area (Å²) in [5.41, 5.74) is 0.814. The van der Waals surface area contributed by atoms with Crippen LogP contribution in [0.2, 0.25) is 0 Å². The van der Waals surface area contributed by atoms with E-state index in [9.17, 15) is 8.42 Å². The van der Waals surface area contributed by atoms with Gasteiger partial charge in [0.2, 0.25) is 0 Å². The van der Waals surface area contributed by atoms with Gasteiger partial charge in [0.25, 0.3) is 0 Å². The molecule has 0 saturated heterocycles. The van der Waals surface area contributed by atoms with Crippen molar-refractivity contribution in [2.24, 2.45) is 0 Å². The summed E-state index contributed by atoms with van der Waals surface area (Å²) < 4.78 is 34.7. The summed E-state index contributed by atoms with van der Waals surface area (Å²) in [6.45, 7) is 0.658. The van der Waals surface area contributed by atoms with Gasteiger partial charge in [0.05, 0.1) is 20.3 Å². The molecule has 0 aromatic heterocycles. The highest BCUT2D eigenvalue weighted by Crippen LogP contribution is 2.14. The number of hydrogen-bond acceptors (Lipinski definition) is 5. The molecule has 0 amide bonds. The largest absolute Gasteiger partial charge is 0.497 e. The Morgan fingerprint density at radius 1 is 1.25 bits per heavy atom. The molecule has 8 heteroatoms. The maximum Gasteiger partial charge on any atom is 0.301 e. The van der Waals surface area contributed by atoms with Gasteiger partial charge in [0.15, 0.2) is 0 Å². The van der Waals surface area contributed by atoms with Crippen LogP contribution in [0.15, 0.2) is 24.3 Å². The van der Waals surface area contributed by atoms with Crippen molar-refractivity contribution < 1.29 is 22.7 Å². The number of ether oxygens (including phenoxy) is 2. The average Bonchev–Trinajstić information content (AvgIpc) is 2.44. The number of nitrogens with zero attached hydrogens (tertiary/aromatic N) is 1. The molecule has 0 heterocycles. The Morgan fingerprint density at radius 3 is 2.65 bits per heavy atom. The lowest BCUT2D eigenvalue weighted by Gasteiger charge is -2.17. The lowest BCUT2D eigenvalue weighted by atomic mass is 10.2. The molecule has 0 atom stereocenters. The van der Waals surface area contributed by atoms with E-state index < -0.39 is 10.2 Å². The molecule has 0 aliphatic rings. The second-order valence-corrected chi connectivity index (χ2v) is 5.78. The van der Waals surface area contributed by atoms with Crippen molar-refractivity contribution in [2.75, 3.05) is 34.5 Å². The summed E-state index contributed by atoms with van der Waals surface area (Å²) in [6.07, 6.45) is 0. The lowest BCUT2D eigenvalue weighted by molar-refractivity contribution is 0.0412. The molecule has 20 heavy (non-hydrogen) atoms. The van der Waals surface area contributed by atoms with E-state index in [1.54, 1.807) is 25.3 Å². The molecule has 0 fully saturated rings. The van der Waals surface area contributed by atoms with Crippen molar-refractivity contribution in [3.05, 3.63) is 29.8 Å². The van der Waals surface area contributed by atoms with Crippen LogP contribution in [0.25, 0.3) is 0 Å². The first-order valence-electron chi connectivity index (χ1n) is 5.96. The molecule has 0 saturated carbocycles. The van der Waals surface area contributed by atoms with Crippen LogP contribution in [-0.4, -0.2) is 47.2 Å². The molecular formula is C12H20N2O5S. The zero-order chi connectivity index (χ0) is 15.0. The maximum atomic E-state index is 11.9. The monoisotopic (exact) mass is 304 g/mol. The number of rotatable bonds is 9. The van der Waals surface area contributed by atoms with E-state index in [0.29, 0.717) is 12.4 Å². The minimum absolute atomic E-state index is 0.142. The number of nitrogens with one attached hydrogen (secondary N) is 1. The molecule has 0 aliphatic heterocycles. The molecule has 0 bridgehead atoms. The molecule has 1 rings (SSSR count). The number of hydrogen-bond donors (Lipinski definition) is 1.